The smallest absolute Gasteiger partial charge is 0.330 e. The highest BCUT2D eigenvalue weighted by molar-refractivity contribution is 7.61. The second-order valence-corrected chi connectivity index (χ2v) is 10.1. The molecule has 1 fully saturated rings. The number of aliphatic hydroxyl groups is 1. The first-order chi connectivity index (χ1) is 16.2. The van der Waals surface area contributed by atoms with Gasteiger partial charge in [0.05, 0.1) is 19.3 Å². The van der Waals surface area contributed by atoms with E-state index in [0.717, 1.165) is 0 Å². The van der Waals surface area contributed by atoms with E-state index in [0.29, 0.717) is 11.3 Å². The number of H-pyrrole nitrogens is 1. The van der Waals surface area contributed by atoms with Crippen molar-refractivity contribution in [3.8, 4) is 0 Å². The molecule has 13 heteroatoms. The van der Waals surface area contributed by atoms with Gasteiger partial charge in [-0.2, -0.15) is 0 Å². The molecule has 0 bridgehead atoms. The fourth-order valence-corrected chi connectivity index (χ4v) is 5.25. The third-order valence-electron chi connectivity index (χ3n) is 5.08. The molecule has 186 valence electrons. The van der Waals surface area contributed by atoms with Crippen LogP contribution in [0.4, 0.5) is 5.69 Å². The standard InChI is InChI=1S/C21H27ClN3O8P/c1-2-31-19(27)13-34(30,24-15-6-4-3-5-7-15)32-12-17-16(26)10-18(33-17)25-11-14(8-9-22)20(28)23-21(25)29/h3-7,11,16-18,26H,2,8-10,12-13H2,1H3,(H,24,30)(H,23,28,29)/t16-,17+,18+,34?/m0/s1. The molecule has 3 rings (SSSR count). The molecule has 0 saturated carbocycles. The summed E-state index contributed by atoms with van der Waals surface area (Å²) in [4.78, 5) is 38.4. The van der Waals surface area contributed by atoms with Gasteiger partial charge in [0.15, 0.2) is 0 Å². The number of hydrogen-bond acceptors (Lipinski definition) is 8. The van der Waals surface area contributed by atoms with Crippen LogP contribution in [0.3, 0.4) is 0 Å². The highest BCUT2D eigenvalue weighted by Crippen LogP contribution is 2.47. The molecule has 3 N–H and O–H groups in total. The number of rotatable bonds is 11. The molecule has 1 saturated heterocycles. The summed E-state index contributed by atoms with van der Waals surface area (Å²) >= 11 is 5.71. The lowest BCUT2D eigenvalue weighted by Crippen LogP contribution is -2.34. The van der Waals surface area contributed by atoms with Crippen LogP contribution in [-0.2, 0) is 29.8 Å². The summed E-state index contributed by atoms with van der Waals surface area (Å²) in [5.74, 6) is -0.512. The average Bonchev–Trinajstić information content (AvgIpc) is 3.15. The number of hydrogen-bond donors (Lipinski definition) is 3. The van der Waals surface area contributed by atoms with E-state index in [1.54, 1.807) is 37.3 Å². The normalized spacial score (nSPS) is 21.7. The fourth-order valence-electron chi connectivity index (χ4n) is 3.45. The van der Waals surface area contributed by atoms with Gasteiger partial charge in [-0.3, -0.25) is 23.7 Å². The van der Waals surface area contributed by atoms with Crippen LogP contribution >= 0.6 is 19.1 Å². The van der Waals surface area contributed by atoms with Gasteiger partial charge in [0.1, 0.15) is 18.5 Å². The number of anilines is 1. The highest BCUT2D eigenvalue weighted by Gasteiger charge is 2.38. The molecule has 34 heavy (non-hydrogen) atoms. The van der Waals surface area contributed by atoms with Crippen molar-refractivity contribution in [3.63, 3.8) is 0 Å². The maximum Gasteiger partial charge on any atom is 0.330 e. The van der Waals surface area contributed by atoms with Crippen molar-refractivity contribution in [1.82, 2.24) is 9.55 Å². The van der Waals surface area contributed by atoms with Crippen molar-refractivity contribution in [2.45, 2.75) is 38.2 Å². The van der Waals surface area contributed by atoms with Crippen LogP contribution in [0.2, 0.25) is 0 Å². The van der Waals surface area contributed by atoms with E-state index in [-0.39, 0.29) is 31.9 Å². The second-order valence-electron chi connectivity index (χ2n) is 7.60. The first-order valence-electron chi connectivity index (χ1n) is 10.7. The Kier molecular flexibility index (Phi) is 9.10. The van der Waals surface area contributed by atoms with Gasteiger partial charge in [-0.05, 0) is 25.5 Å². The largest absolute Gasteiger partial charge is 0.466 e. The number of aromatic amines is 1. The molecule has 0 radical (unpaired) electrons. The molecule has 1 aromatic heterocycles. The number of para-hydroxylation sites is 1. The van der Waals surface area contributed by atoms with Crippen LogP contribution in [0.15, 0.2) is 46.1 Å². The maximum atomic E-state index is 13.4. The molecule has 2 aromatic rings. The van der Waals surface area contributed by atoms with Gasteiger partial charge in [0.2, 0.25) is 0 Å². The van der Waals surface area contributed by atoms with Crippen LogP contribution in [0.25, 0.3) is 0 Å². The van der Waals surface area contributed by atoms with Crippen LogP contribution in [-0.4, -0.2) is 58.1 Å². The fraction of sp³-hybridized carbons (Fsp3) is 0.476. The van der Waals surface area contributed by atoms with Gasteiger partial charge in [-0.1, -0.05) is 18.2 Å². The highest BCUT2D eigenvalue weighted by atomic mass is 35.5. The molecular formula is C21H27ClN3O8P. The Balaban J connectivity index is 1.73. The Labute approximate surface area is 200 Å². The number of halogens is 1. The molecule has 11 nitrogen and oxygen atoms in total. The van der Waals surface area contributed by atoms with Crippen molar-refractivity contribution in [2.75, 3.05) is 30.3 Å². The van der Waals surface area contributed by atoms with Crippen molar-refractivity contribution in [2.24, 2.45) is 0 Å². The van der Waals surface area contributed by atoms with E-state index >= 15 is 0 Å². The molecule has 2 heterocycles. The third kappa shape index (κ3) is 6.80. The molecule has 0 spiro atoms. The van der Waals surface area contributed by atoms with Crippen molar-refractivity contribution in [3.05, 3.63) is 62.9 Å². The topological polar surface area (TPSA) is 149 Å². The van der Waals surface area contributed by atoms with Gasteiger partial charge in [0.25, 0.3) is 5.56 Å². The lowest BCUT2D eigenvalue weighted by atomic mass is 10.2. The molecule has 1 aliphatic rings. The predicted molar refractivity (Wildman–Crippen MR) is 125 cm³/mol. The third-order valence-corrected chi connectivity index (χ3v) is 7.11. The Bertz CT molecular complexity index is 1140. The second kappa shape index (κ2) is 11.8. The number of esters is 1. The summed E-state index contributed by atoms with van der Waals surface area (Å²) in [5.41, 5.74) is -0.445. The number of carbonyl (C=O) groups excluding carboxylic acids is 1. The monoisotopic (exact) mass is 515 g/mol. The molecule has 0 amide bonds. The lowest BCUT2D eigenvalue weighted by molar-refractivity contribution is -0.140. The number of carbonyl (C=O) groups is 1. The summed E-state index contributed by atoms with van der Waals surface area (Å²) < 4.78 is 30.9. The molecule has 4 atom stereocenters. The van der Waals surface area contributed by atoms with E-state index in [1.807, 2.05) is 0 Å². The van der Waals surface area contributed by atoms with Crippen molar-refractivity contribution in [1.29, 1.82) is 0 Å². The quantitative estimate of drug-likeness (QED) is 0.231. The lowest BCUT2D eigenvalue weighted by Gasteiger charge is -2.23. The van der Waals surface area contributed by atoms with Crippen molar-refractivity contribution < 1.29 is 28.5 Å². The van der Waals surface area contributed by atoms with Crippen LogP contribution in [0.5, 0.6) is 0 Å². The number of aryl methyl sites for hydroxylation is 1. The molecule has 1 aromatic carbocycles. The van der Waals surface area contributed by atoms with E-state index in [9.17, 15) is 24.1 Å². The summed E-state index contributed by atoms with van der Waals surface area (Å²) in [5, 5.41) is 13.2. The minimum atomic E-state index is -3.78. The van der Waals surface area contributed by atoms with Gasteiger partial charge < -0.3 is 24.2 Å². The summed E-state index contributed by atoms with van der Waals surface area (Å²) in [6.07, 6.45) is -1.75. The zero-order valence-corrected chi connectivity index (χ0v) is 20.2. The first-order valence-corrected chi connectivity index (χ1v) is 13.1. The van der Waals surface area contributed by atoms with E-state index < -0.39 is 49.3 Å². The molecule has 1 unspecified atom stereocenters. The zero-order chi connectivity index (χ0) is 24.7. The van der Waals surface area contributed by atoms with E-state index in [4.69, 9.17) is 25.6 Å². The number of ether oxygens (including phenoxy) is 2. The Morgan fingerprint density at radius 3 is 2.76 bits per heavy atom. The van der Waals surface area contributed by atoms with Crippen LogP contribution < -0.4 is 16.3 Å². The predicted octanol–water partition coefficient (Wildman–Crippen LogP) is 1.85. The minimum Gasteiger partial charge on any atom is -0.466 e. The van der Waals surface area contributed by atoms with Gasteiger partial charge in [0, 0.05) is 29.7 Å². The minimum absolute atomic E-state index is 0.0363. The number of alkyl halides is 1. The van der Waals surface area contributed by atoms with Gasteiger partial charge >= 0.3 is 19.2 Å². The van der Waals surface area contributed by atoms with Crippen molar-refractivity contribution >= 4 is 30.8 Å². The zero-order valence-electron chi connectivity index (χ0n) is 18.5. The number of aliphatic hydroxyl groups excluding tert-OH is 1. The SMILES string of the molecule is CCOC(=O)CP(=O)(Nc1ccccc1)OC[C@H]1O[C@@H](n2cc(CCCl)c(=O)[nH]c2=O)C[C@@H]1O. The molecular weight excluding hydrogens is 489 g/mol. The van der Waals surface area contributed by atoms with Crippen LogP contribution in [0.1, 0.15) is 25.1 Å². The number of aromatic nitrogens is 2. The number of nitrogens with zero attached hydrogens (tertiary/aromatic N) is 1. The Morgan fingerprint density at radius 1 is 1.35 bits per heavy atom. The van der Waals surface area contributed by atoms with E-state index in [1.165, 1.54) is 10.8 Å². The summed E-state index contributed by atoms with van der Waals surface area (Å²) in [6, 6.07) is 8.57. The van der Waals surface area contributed by atoms with E-state index in [2.05, 4.69) is 10.1 Å². The Morgan fingerprint density at radius 2 is 2.09 bits per heavy atom. The van der Waals surface area contributed by atoms with Gasteiger partial charge in [-0.25, -0.2) is 4.79 Å². The molecule has 1 aliphatic heterocycles. The van der Waals surface area contributed by atoms with Gasteiger partial charge in [-0.15, -0.1) is 11.6 Å². The Hall–Kier alpha value is -2.43. The van der Waals surface area contributed by atoms with Crippen LogP contribution in [0, 0.1) is 0 Å². The summed E-state index contributed by atoms with van der Waals surface area (Å²) in [7, 11) is -3.78. The maximum absolute atomic E-state index is 13.4. The number of nitrogens with one attached hydrogen (secondary N) is 2. The average molecular weight is 516 g/mol. The number of benzene rings is 1. The summed E-state index contributed by atoms with van der Waals surface area (Å²) in [6.45, 7) is 1.44. The molecule has 0 aliphatic carbocycles. The first kappa shape index (κ1) is 26.2.